The van der Waals surface area contributed by atoms with Gasteiger partial charge in [0.05, 0.1) is 5.56 Å². The van der Waals surface area contributed by atoms with Crippen molar-refractivity contribution in [1.29, 1.82) is 0 Å². The first-order valence-electron chi connectivity index (χ1n) is 9.57. The Labute approximate surface area is 177 Å². The third-order valence-corrected chi connectivity index (χ3v) is 4.62. The quantitative estimate of drug-likeness (QED) is 0.266. The van der Waals surface area contributed by atoms with E-state index in [0.29, 0.717) is 22.1 Å². The van der Waals surface area contributed by atoms with Gasteiger partial charge in [-0.05, 0) is 23.3 Å². The average molecular weight is 414 g/mol. The second-order valence-corrected chi connectivity index (χ2v) is 6.83. The molecule has 6 nitrogen and oxygen atoms in total. The normalized spacial score (nSPS) is 10.6. The highest BCUT2D eigenvalue weighted by atomic mass is 16.6. The van der Waals surface area contributed by atoms with Crippen molar-refractivity contribution in [3.8, 4) is 33.8 Å². The molecule has 154 valence electrons. The largest absolute Gasteiger partial charge is 0.423 e. The monoisotopic (exact) mass is 414 g/mol. The lowest BCUT2D eigenvalue weighted by Gasteiger charge is -2.15. The predicted octanol–water partition coefficient (Wildman–Crippen LogP) is 4.98. The molecule has 0 atom stereocenters. The average Bonchev–Trinajstić information content (AvgIpc) is 2.75. The summed E-state index contributed by atoms with van der Waals surface area (Å²) in [5, 5.41) is 0.539. The van der Waals surface area contributed by atoms with Crippen LogP contribution in [0.25, 0.3) is 33.2 Å². The van der Waals surface area contributed by atoms with E-state index in [1.807, 2.05) is 60.7 Å². The Morgan fingerprint density at radius 2 is 1.26 bits per heavy atom. The molecule has 0 N–H and O–H groups in total. The van der Waals surface area contributed by atoms with Crippen LogP contribution in [0.15, 0.2) is 82.0 Å². The third-order valence-electron chi connectivity index (χ3n) is 4.62. The van der Waals surface area contributed by atoms with Crippen molar-refractivity contribution in [3.05, 3.63) is 83.2 Å². The molecule has 0 aliphatic carbocycles. The van der Waals surface area contributed by atoms with Gasteiger partial charge in [-0.1, -0.05) is 60.7 Å². The zero-order valence-electron chi connectivity index (χ0n) is 16.9. The number of carbonyl (C=O) groups excluding carboxylic acids is 2. The maximum atomic E-state index is 13.2. The number of hydrogen-bond donors (Lipinski definition) is 0. The van der Waals surface area contributed by atoms with Crippen LogP contribution in [0, 0.1) is 0 Å². The van der Waals surface area contributed by atoms with Gasteiger partial charge in [-0.25, -0.2) is 4.79 Å². The predicted molar refractivity (Wildman–Crippen MR) is 116 cm³/mol. The van der Waals surface area contributed by atoms with Crippen LogP contribution in [0.4, 0.5) is 0 Å². The van der Waals surface area contributed by atoms with Crippen molar-refractivity contribution in [2.24, 2.45) is 0 Å². The number of esters is 2. The van der Waals surface area contributed by atoms with Gasteiger partial charge in [0.2, 0.25) is 5.75 Å². The molecule has 0 spiro atoms. The molecule has 1 heterocycles. The van der Waals surface area contributed by atoms with Crippen LogP contribution in [0.1, 0.15) is 13.8 Å². The Morgan fingerprint density at radius 1 is 0.710 bits per heavy atom. The molecule has 0 aliphatic rings. The van der Waals surface area contributed by atoms with Crippen LogP contribution in [0.2, 0.25) is 0 Å². The highest BCUT2D eigenvalue weighted by Crippen LogP contribution is 2.42. The van der Waals surface area contributed by atoms with Crippen LogP contribution in [0.3, 0.4) is 0 Å². The topological polar surface area (TPSA) is 82.8 Å². The fourth-order valence-corrected chi connectivity index (χ4v) is 3.47. The van der Waals surface area contributed by atoms with Gasteiger partial charge in [0, 0.05) is 24.8 Å². The van der Waals surface area contributed by atoms with Gasteiger partial charge < -0.3 is 13.9 Å². The zero-order chi connectivity index (χ0) is 22.0. The van der Waals surface area contributed by atoms with Crippen LogP contribution in [0.5, 0.6) is 11.5 Å². The van der Waals surface area contributed by atoms with E-state index < -0.39 is 17.6 Å². The zero-order valence-corrected chi connectivity index (χ0v) is 16.9. The van der Waals surface area contributed by atoms with Gasteiger partial charge in [-0.3, -0.25) is 9.59 Å². The SMILES string of the molecule is CC(=O)Oc1ccc2c(-c3ccccc3)c(-c3ccccc3)c(=O)oc2c1OC(C)=O. The van der Waals surface area contributed by atoms with E-state index in [4.69, 9.17) is 13.9 Å². The summed E-state index contributed by atoms with van der Waals surface area (Å²) in [4.78, 5) is 36.5. The molecule has 0 saturated carbocycles. The molecule has 4 aromatic rings. The van der Waals surface area contributed by atoms with Crippen LogP contribution in [-0.4, -0.2) is 11.9 Å². The van der Waals surface area contributed by atoms with Gasteiger partial charge >= 0.3 is 17.6 Å². The van der Waals surface area contributed by atoms with E-state index >= 15 is 0 Å². The summed E-state index contributed by atoms with van der Waals surface area (Å²) in [5.41, 5.74) is 1.90. The van der Waals surface area contributed by atoms with Crippen molar-refractivity contribution >= 4 is 22.9 Å². The van der Waals surface area contributed by atoms with E-state index in [1.54, 1.807) is 6.07 Å². The summed E-state index contributed by atoms with van der Waals surface area (Å²) in [6.45, 7) is 2.44. The van der Waals surface area contributed by atoms with Crippen molar-refractivity contribution < 1.29 is 23.5 Å². The van der Waals surface area contributed by atoms with Crippen LogP contribution >= 0.6 is 0 Å². The molecule has 1 aromatic heterocycles. The fraction of sp³-hybridized carbons (Fsp3) is 0.0800. The molecule has 0 bridgehead atoms. The molecule has 0 saturated heterocycles. The molecule has 0 amide bonds. The molecule has 31 heavy (non-hydrogen) atoms. The molecule has 3 aromatic carbocycles. The van der Waals surface area contributed by atoms with Crippen molar-refractivity contribution in [2.45, 2.75) is 13.8 Å². The maximum Gasteiger partial charge on any atom is 0.344 e. The van der Waals surface area contributed by atoms with Crippen molar-refractivity contribution in [3.63, 3.8) is 0 Å². The lowest BCUT2D eigenvalue weighted by Crippen LogP contribution is -2.10. The molecule has 0 fully saturated rings. The minimum absolute atomic E-state index is 0.00942. The van der Waals surface area contributed by atoms with Crippen molar-refractivity contribution in [1.82, 2.24) is 0 Å². The van der Waals surface area contributed by atoms with Gasteiger partial charge in [0.25, 0.3) is 0 Å². The van der Waals surface area contributed by atoms with Crippen LogP contribution < -0.4 is 15.1 Å². The van der Waals surface area contributed by atoms with E-state index in [1.165, 1.54) is 19.9 Å². The first-order chi connectivity index (χ1) is 15.0. The number of hydrogen-bond acceptors (Lipinski definition) is 6. The summed E-state index contributed by atoms with van der Waals surface area (Å²) in [7, 11) is 0. The smallest absolute Gasteiger partial charge is 0.344 e. The first kappa shape index (κ1) is 20.1. The lowest BCUT2D eigenvalue weighted by atomic mass is 9.93. The fourth-order valence-electron chi connectivity index (χ4n) is 3.47. The number of fused-ring (bicyclic) bond motifs is 1. The van der Waals surface area contributed by atoms with Gasteiger partial charge in [0.15, 0.2) is 11.3 Å². The van der Waals surface area contributed by atoms with Gasteiger partial charge in [0.1, 0.15) is 0 Å². The number of ether oxygens (including phenoxy) is 2. The standard InChI is InChI=1S/C25H18O6/c1-15(26)29-20-14-13-19-21(17-9-5-3-6-10-17)22(18-11-7-4-8-12-18)25(28)31-23(19)24(20)30-16(2)27/h3-14H,1-2H3. The van der Waals surface area contributed by atoms with E-state index in [2.05, 4.69) is 0 Å². The Morgan fingerprint density at radius 3 is 1.81 bits per heavy atom. The number of rotatable bonds is 4. The minimum Gasteiger partial charge on any atom is -0.423 e. The highest BCUT2D eigenvalue weighted by Gasteiger charge is 2.23. The Balaban J connectivity index is 2.14. The lowest BCUT2D eigenvalue weighted by molar-refractivity contribution is -0.134. The van der Waals surface area contributed by atoms with E-state index in [-0.39, 0.29) is 17.1 Å². The molecule has 4 rings (SSSR count). The molecule has 0 unspecified atom stereocenters. The number of benzene rings is 3. The molecular weight excluding hydrogens is 396 g/mol. The summed E-state index contributed by atoms with van der Waals surface area (Å²) in [6.07, 6.45) is 0. The second kappa shape index (κ2) is 8.28. The van der Waals surface area contributed by atoms with E-state index in [0.717, 1.165) is 5.56 Å². The Hall–Kier alpha value is -4.19. The summed E-state index contributed by atoms with van der Waals surface area (Å²) in [5.74, 6) is -1.37. The third kappa shape index (κ3) is 3.96. The second-order valence-electron chi connectivity index (χ2n) is 6.83. The molecule has 0 radical (unpaired) electrons. The van der Waals surface area contributed by atoms with E-state index in [9.17, 15) is 14.4 Å². The summed E-state index contributed by atoms with van der Waals surface area (Å²) >= 11 is 0. The molecule has 6 heteroatoms. The first-order valence-corrected chi connectivity index (χ1v) is 9.57. The molecule has 0 aliphatic heterocycles. The van der Waals surface area contributed by atoms with Gasteiger partial charge in [-0.15, -0.1) is 0 Å². The summed E-state index contributed by atoms with van der Waals surface area (Å²) in [6, 6.07) is 21.7. The Kier molecular flexibility index (Phi) is 5.37. The highest BCUT2D eigenvalue weighted by molar-refractivity contribution is 6.04. The summed E-state index contributed by atoms with van der Waals surface area (Å²) < 4.78 is 16.1. The maximum absolute atomic E-state index is 13.2. The minimum atomic E-state index is -0.642. The molecular formula is C25H18O6. The van der Waals surface area contributed by atoms with Crippen LogP contribution in [-0.2, 0) is 9.59 Å². The van der Waals surface area contributed by atoms with Crippen molar-refractivity contribution in [2.75, 3.05) is 0 Å². The number of carbonyl (C=O) groups is 2. The Bertz CT molecular complexity index is 1340. The van der Waals surface area contributed by atoms with Gasteiger partial charge in [-0.2, -0.15) is 0 Å².